The molecular formula is C21H19N3O4S. The molecule has 0 saturated heterocycles. The summed E-state index contributed by atoms with van der Waals surface area (Å²) in [5, 5.41) is 16.4. The Morgan fingerprint density at radius 1 is 1.24 bits per heavy atom. The number of aromatic nitrogens is 2. The largest absolute Gasteiger partial charge is 0.478 e. The van der Waals surface area contributed by atoms with Crippen LogP contribution in [-0.4, -0.2) is 32.5 Å². The highest BCUT2D eigenvalue weighted by Gasteiger charge is 2.36. The molecule has 7 nitrogen and oxygen atoms in total. The molecule has 1 atom stereocenters. The number of carbonyl (C=O) groups excluding carboxylic acids is 2. The van der Waals surface area contributed by atoms with Crippen molar-refractivity contribution in [1.82, 2.24) is 9.78 Å². The van der Waals surface area contributed by atoms with Crippen LogP contribution in [-0.2, 0) is 11.2 Å². The van der Waals surface area contributed by atoms with Gasteiger partial charge in [-0.1, -0.05) is 6.92 Å². The summed E-state index contributed by atoms with van der Waals surface area (Å²) in [6.45, 7) is 3.85. The van der Waals surface area contributed by atoms with Gasteiger partial charge >= 0.3 is 5.97 Å². The summed E-state index contributed by atoms with van der Waals surface area (Å²) in [6.07, 6.45) is 0.938. The van der Waals surface area contributed by atoms with E-state index in [1.807, 2.05) is 26.0 Å². The Labute approximate surface area is 171 Å². The molecule has 1 amide bonds. The Kier molecular flexibility index (Phi) is 4.79. The molecule has 2 N–H and O–H groups in total. The van der Waals surface area contributed by atoms with Gasteiger partial charge < -0.3 is 10.4 Å². The lowest BCUT2D eigenvalue weighted by atomic mass is 9.87. The molecule has 8 heteroatoms. The number of thiophene rings is 1. The molecule has 1 aromatic carbocycles. The summed E-state index contributed by atoms with van der Waals surface area (Å²) in [5.41, 5.74) is 2.14. The van der Waals surface area contributed by atoms with E-state index in [0.29, 0.717) is 27.6 Å². The van der Waals surface area contributed by atoms with Crippen molar-refractivity contribution in [2.24, 2.45) is 0 Å². The maximum Gasteiger partial charge on any atom is 0.335 e. The number of Topliss-reactive ketones (excluding diaryl/α,β-unsaturated/α-hetero) is 1. The van der Waals surface area contributed by atoms with Crippen molar-refractivity contribution >= 4 is 34.8 Å². The van der Waals surface area contributed by atoms with Gasteiger partial charge in [0.15, 0.2) is 5.78 Å². The number of benzene rings is 1. The smallest absolute Gasteiger partial charge is 0.335 e. The number of fused-ring (bicyclic) bond motifs is 1. The molecule has 3 heterocycles. The van der Waals surface area contributed by atoms with Gasteiger partial charge in [0.1, 0.15) is 5.82 Å². The third-order valence-electron chi connectivity index (χ3n) is 5.03. The summed E-state index contributed by atoms with van der Waals surface area (Å²) in [4.78, 5) is 38.4. The number of carbonyl (C=O) groups is 3. The first-order valence-corrected chi connectivity index (χ1v) is 10.1. The standard InChI is InChI=1S/C21H19N3O4S/c1-3-14-8-9-16(29-14)19(26)15-10-17(25)22-20-18(15)11(2)23-24(20)13-6-4-12(5-7-13)21(27)28/h4-9,15H,3,10H2,1-2H3,(H,22,25)(H,27,28). The van der Waals surface area contributed by atoms with E-state index in [0.717, 1.165) is 11.3 Å². The van der Waals surface area contributed by atoms with E-state index in [-0.39, 0.29) is 23.7 Å². The SMILES string of the molecule is CCc1ccc(C(=O)C2CC(=O)Nc3c2c(C)nn3-c2ccc(C(=O)O)cc2)s1. The third kappa shape index (κ3) is 3.36. The van der Waals surface area contributed by atoms with Crippen LogP contribution in [0.25, 0.3) is 5.69 Å². The van der Waals surface area contributed by atoms with Crippen LogP contribution in [0.3, 0.4) is 0 Å². The zero-order chi connectivity index (χ0) is 20.7. The number of nitrogens with zero attached hydrogens (tertiary/aromatic N) is 2. The van der Waals surface area contributed by atoms with Crippen LogP contribution in [0.2, 0.25) is 0 Å². The lowest BCUT2D eigenvalue weighted by molar-refractivity contribution is -0.116. The quantitative estimate of drug-likeness (QED) is 0.624. The van der Waals surface area contributed by atoms with Crippen molar-refractivity contribution in [3.8, 4) is 5.69 Å². The summed E-state index contributed by atoms with van der Waals surface area (Å²) < 4.78 is 1.56. The average Bonchev–Trinajstić information content (AvgIpc) is 3.32. The zero-order valence-electron chi connectivity index (χ0n) is 15.9. The minimum absolute atomic E-state index is 0.0744. The summed E-state index contributed by atoms with van der Waals surface area (Å²) in [7, 11) is 0. The molecule has 29 heavy (non-hydrogen) atoms. The molecule has 0 spiro atoms. The van der Waals surface area contributed by atoms with E-state index in [4.69, 9.17) is 5.11 Å². The predicted octanol–water partition coefficient (Wildman–Crippen LogP) is 3.81. The summed E-state index contributed by atoms with van der Waals surface area (Å²) >= 11 is 1.46. The van der Waals surface area contributed by atoms with Gasteiger partial charge in [-0.25, -0.2) is 9.48 Å². The van der Waals surface area contributed by atoms with Gasteiger partial charge in [0, 0.05) is 16.9 Å². The van der Waals surface area contributed by atoms with Crippen molar-refractivity contribution in [3.63, 3.8) is 0 Å². The van der Waals surface area contributed by atoms with E-state index < -0.39 is 11.9 Å². The van der Waals surface area contributed by atoms with Crippen LogP contribution in [0.4, 0.5) is 5.82 Å². The van der Waals surface area contributed by atoms with Gasteiger partial charge in [0.05, 0.1) is 27.7 Å². The zero-order valence-corrected chi connectivity index (χ0v) is 16.7. The van der Waals surface area contributed by atoms with Gasteiger partial charge in [-0.15, -0.1) is 11.3 Å². The number of nitrogens with one attached hydrogen (secondary N) is 1. The molecule has 1 aliphatic rings. The molecule has 2 aromatic heterocycles. The fourth-order valence-electron chi connectivity index (χ4n) is 3.58. The highest BCUT2D eigenvalue weighted by molar-refractivity contribution is 7.14. The number of carboxylic acid groups (broad SMARTS) is 1. The highest BCUT2D eigenvalue weighted by Crippen LogP contribution is 2.39. The number of aryl methyl sites for hydroxylation is 2. The first-order chi connectivity index (χ1) is 13.9. The molecule has 4 rings (SSSR count). The number of amides is 1. The monoisotopic (exact) mass is 409 g/mol. The summed E-state index contributed by atoms with van der Waals surface area (Å²) in [5.74, 6) is -1.46. The Hall–Kier alpha value is -3.26. The molecule has 3 aromatic rings. The van der Waals surface area contributed by atoms with Gasteiger partial charge in [-0.2, -0.15) is 5.10 Å². The van der Waals surface area contributed by atoms with Gasteiger partial charge in [-0.3, -0.25) is 9.59 Å². The van der Waals surface area contributed by atoms with Gasteiger partial charge in [0.25, 0.3) is 0 Å². The molecule has 0 saturated carbocycles. The van der Waals surface area contributed by atoms with Crippen LogP contribution in [0.15, 0.2) is 36.4 Å². The molecule has 1 unspecified atom stereocenters. The highest BCUT2D eigenvalue weighted by atomic mass is 32.1. The van der Waals surface area contributed by atoms with Crippen molar-refractivity contribution in [1.29, 1.82) is 0 Å². The van der Waals surface area contributed by atoms with Crippen LogP contribution in [0, 0.1) is 6.92 Å². The number of ketones is 1. The fourth-order valence-corrected chi connectivity index (χ4v) is 4.52. The second-order valence-corrected chi connectivity index (χ2v) is 8.07. The lowest BCUT2D eigenvalue weighted by Gasteiger charge is -2.22. The first-order valence-electron chi connectivity index (χ1n) is 9.25. The first kappa shape index (κ1) is 19.1. The van der Waals surface area contributed by atoms with Crippen molar-refractivity contribution < 1.29 is 19.5 Å². The topological polar surface area (TPSA) is 101 Å². The average molecular weight is 409 g/mol. The van der Waals surface area contributed by atoms with Gasteiger partial charge in [-0.05, 0) is 49.7 Å². The summed E-state index contributed by atoms with van der Waals surface area (Å²) in [6, 6.07) is 9.98. The van der Waals surface area contributed by atoms with Crippen LogP contribution < -0.4 is 5.32 Å². The van der Waals surface area contributed by atoms with Crippen LogP contribution in [0.1, 0.15) is 55.4 Å². The number of anilines is 1. The maximum absolute atomic E-state index is 13.2. The number of hydrogen-bond acceptors (Lipinski definition) is 5. The fraction of sp³-hybridized carbons (Fsp3) is 0.238. The van der Waals surface area contributed by atoms with E-state index >= 15 is 0 Å². The van der Waals surface area contributed by atoms with Crippen molar-refractivity contribution in [2.45, 2.75) is 32.6 Å². The molecular weight excluding hydrogens is 390 g/mol. The van der Waals surface area contributed by atoms with E-state index in [1.54, 1.807) is 16.8 Å². The Bertz CT molecular complexity index is 1130. The normalized spacial score (nSPS) is 15.7. The molecule has 148 valence electrons. The second-order valence-electron chi connectivity index (χ2n) is 6.90. The Balaban J connectivity index is 1.76. The molecule has 0 radical (unpaired) electrons. The minimum Gasteiger partial charge on any atom is -0.478 e. The minimum atomic E-state index is -1.02. The van der Waals surface area contributed by atoms with Crippen molar-refractivity contribution in [2.75, 3.05) is 5.32 Å². The van der Waals surface area contributed by atoms with Crippen LogP contribution >= 0.6 is 11.3 Å². The van der Waals surface area contributed by atoms with E-state index in [1.165, 1.54) is 23.5 Å². The number of hydrogen-bond donors (Lipinski definition) is 2. The third-order valence-corrected chi connectivity index (χ3v) is 6.27. The number of carboxylic acids is 1. The van der Waals surface area contributed by atoms with E-state index in [2.05, 4.69) is 10.4 Å². The molecule has 0 bridgehead atoms. The van der Waals surface area contributed by atoms with Crippen molar-refractivity contribution in [3.05, 3.63) is 63.0 Å². The number of aromatic carboxylic acids is 1. The second kappa shape index (κ2) is 7.29. The number of rotatable bonds is 5. The molecule has 0 fully saturated rings. The van der Waals surface area contributed by atoms with E-state index in [9.17, 15) is 14.4 Å². The van der Waals surface area contributed by atoms with Crippen LogP contribution in [0.5, 0.6) is 0 Å². The predicted molar refractivity (Wildman–Crippen MR) is 109 cm³/mol. The van der Waals surface area contributed by atoms with Gasteiger partial charge in [0.2, 0.25) is 5.91 Å². The Morgan fingerprint density at radius 3 is 2.59 bits per heavy atom. The molecule has 1 aliphatic heterocycles. The molecule has 0 aliphatic carbocycles. The lowest BCUT2D eigenvalue weighted by Crippen LogP contribution is -2.28. The Morgan fingerprint density at radius 2 is 1.97 bits per heavy atom. The maximum atomic E-state index is 13.2.